The lowest BCUT2D eigenvalue weighted by molar-refractivity contribution is 0.664. The van der Waals surface area contributed by atoms with Gasteiger partial charge in [0.15, 0.2) is 0 Å². The molecule has 0 saturated heterocycles. The molecule has 2 nitrogen and oxygen atoms in total. The molecular weight excluding hydrogens is 1300 g/mol. The maximum absolute atomic E-state index is 4.15. The van der Waals surface area contributed by atoms with Crippen LogP contribution in [0.25, 0.3) is 78.2 Å². The monoisotopic (exact) mass is 1390 g/mol. The molecule has 108 heavy (non-hydrogen) atoms. The maximum atomic E-state index is 4.15. The molecular formula is C106H92N2. The van der Waals surface area contributed by atoms with Gasteiger partial charge in [-0.05, 0) is 222 Å². The number of hydrogen-bond acceptors (Lipinski definition) is 2. The lowest BCUT2D eigenvalue weighted by atomic mass is 9.67. The molecule has 15 aromatic rings. The molecule has 17 rings (SSSR count). The summed E-state index contributed by atoms with van der Waals surface area (Å²) < 4.78 is 0. The second kappa shape index (κ2) is 29.7. The first kappa shape index (κ1) is 69.0. The number of hydrogen-bond donors (Lipinski definition) is 0. The van der Waals surface area contributed by atoms with E-state index in [0.717, 1.165) is 70.9 Å². The van der Waals surface area contributed by atoms with Gasteiger partial charge in [0.1, 0.15) is 0 Å². The van der Waals surface area contributed by atoms with Gasteiger partial charge in [-0.15, -0.1) is 0 Å². The Labute approximate surface area is 639 Å². The number of benzene rings is 15. The molecule has 0 fully saturated rings. The SMILES string of the molecule is C=Cc1ccc(C2(c3ccc(C)cc3)c3ccccc3-c3ccc(N(c4ccc(-c5cc(CCCCCC)c(-c6ccc(N(c7ccc8c(c7)C(c7ccc(C)cc7)(c7ccc(C=C)cc7)c7ccccc7-8)c7cccc8ccccc78)cc6)cc5CCCCCC)cc4)c4cccc5ccccc45)cc32)cc1. The standard InChI is InChI=1S/C106H92N2/c1-7-11-13-15-29-81-69-98(80-51-63-88(64-52-80)108(104-40-26-32-78-28-18-20-34-92(78)104)90-66-68-96-94-36-22-24-38-100(94)106(102(96)72-90,84-55-43-74(6)44-56-84)86-59-47-76(10-4)48-60-86)82(30-16-14-12-8-2)70-97(81)79-49-61-87(62-50-79)107(103-39-25-31-77-27-17-19-33-91(77)103)89-65-67-95-93-35-21-23-37-99(93)105(101(95)71-89,83-53-41-73(5)42-54-83)85-57-45-75(9-3)46-58-85/h9-10,17-28,31-72H,3-4,7-8,11-16,29-30H2,1-2,5-6H3. The van der Waals surface area contributed by atoms with Crippen LogP contribution in [0, 0.1) is 13.8 Å². The minimum absolute atomic E-state index is 0.592. The van der Waals surface area contributed by atoms with Gasteiger partial charge in [0.2, 0.25) is 0 Å². The first-order valence-corrected chi connectivity index (χ1v) is 39.2. The summed E-state index contributed by atoms with van der Waals surface area (Å²) in [5.74, 6) is 0. The van der Waals surface area contributed by atoms with E-state index in [1.807, 2.05) is 12.2 Å². The Morgan fingerprint density at radius 3 is 1.02 bits per heavy atom. The highest BCUT2D eigenvalue weighted by atomic mass is 15.1. The van der Waals surface area contributed by atoms with Gasteiger partial charge in [0, 0.05) is 33.5 Å². The van der Waals surface area contributed by atoms with Crippen molar-refractivity contribution in [2.24, 2.45) is 0 Å². The summed E-state index contributed by atoms with van der Waals surface area (Å²) in [6.07, 6.45) is 15.4. The Bertz CT molecular complexity index is 5450. The Morgan fingerprint density at radius 2 is 0.630 bits per heavy atom. The zero-order valence-corrected chi connectivity index (χ0v) is 62.7. The molecule has 0 N–H and O–H groups in total. The molecule has 0 aromatic heterocycles. The predicted octanol–water partition coefficient (Wildman–Crippen LogP) is 29.1. The molecule has 0 saturated carbocycles. The molecule has 0 amide bonds. The van der Waals surface area contributed by atoms with E-state index in [-0.39, 0.29) is 0 Å². The first-order valence-electron chi connectivity index (χ1n) is 39.2. The van der Waals surface area contributed by atoms with Crippen LogP contribution in [0.4, 0.5) is 34.1 Å². The fraction of sp³-hybridized carbons (Fsp3) is 0.151. The van der Waals surface area contributed by atoms with Crippen LogP contribution >= 0.6 is 0 Å². The maximum Gasteiger partial charge on any atom is 0.0714 e. The van der Waals surface area contributed by atoms with Crippen LogP contribution < -0.4 is 9.80 Å². The molecule has 526 valence electrons. The summed E-state index contributed by atoms with van der Waals surface area (Å²) in [7, 11) is 0. The van der Waals surface area contributed by atoms with Crippen LogP contribution in [0.5, 0.6) is 0 Å². The highest BCUT2D eigenvalue weighted by Gasteiger charge is 2.48. The number of aryl methyl sites for hydroxylation is 4. The zero-order chi connectivity index (χ0) is 73.3. The van der Waals surface area contributed by atoms with E-state index in [9.17, 15) is 0 Å². The van der Waals surface area contributed by atoms with E-state index in [4.69, 9.17) is 0 Å². The smallest absolute Gasteiger partial charge is 0.0714 e. The van der Waals surface area contributed by atoms with E-state index in [1.54, 1.807) is 0 Å². The summed E-state index contributed by atoms with van der Waals surface area (Å²) in [6.45, 7) is 17.3. The number of anilines is 6. The van der Waals surface area contributed by atoms with Gasteiger partial charge >= 0.3 is 0 Å². The van der Waals surface area contributed by atoms with Gasteiger partial charge in [-0.3, -0.25) is 0 Å². The fourth-order valence-corrected chi connectivity index (χ4v) is 18.1. The predicted molar refractivity (Wildman–Crippen MR) is 462 cm³/mol. The van der Waals surface area contributed by atoms with E-state index >= 15 is 0 Å². The molecule has 2 aliphatic carbocycles. The highest BCUT2D eigenvalue weighted by Crippen LogP contribution is 2.60. The van der Waals surface area contributed by atoms with Crippen LogP contribution in [0.3, 0.4) is 0 Å². The number of rotatable bonds is 24. The van der Waals surface area contributed by atoms with E-state index < -0.39 is 10.8 Å². The van der Waals surface area contributed by atoms with Crippen molar-refractivity contribution in [1.29, 1.82) is 0 Å². The summed E-state index contributed by atoms with van der Waals surface area (Å²) >= 11 is 0. The Balaban J connectivity index is 0.796. The minimum atomic E-state index is -0.592. The van der Waals surface area contributed by atoms with Crippen molar-refractivity contribution in [3.8, 4) is 44.5 Å². The second-order valence-corrected chi connectivity index (χ2v) is 30.0. The van der Waals surface area contributed by atoms with Gasteiger partial charge in [0.25, 0.3) is 0 Å². The number of fused-ring (bicyclic) bond motifs is 8. The van der Waals surface area contributed by atoms with E-state index in [0.29, 0.717) is 0 Å². The topological polar surface area (TPSA) is 6.48 Å². The molecule has 2 aliphatic rings. The molecule has 2 atom stereocenters. The molecule has 0 aliphatic heterocycles. The minimum Gasteiger partial charge on any atom is -0.310 e. The van der Waals surface area contributed by atoms with Gasteiger partial charge < -0.3 is 9.80 Å². The Kier molecular flexibility index (Phi) is 19.0. The van der Waals surface area contributed by atoms with Crippen molar-refractivity contribution in [2.75, 3.05) is 9.80 Å². The zero-order valence-electron chi connectivity index (χ0n) is 62.7. The van der Waals surface area contributed by atoms with Crippen molar-refractivity contribution in [2.45, 2.75) is 103 Å². The van der Waals surface area contributed by atoms with Gasteiger partial charge in [-0.25, -0.2) is 0 Å². The van der Waals surface area contributed by atoms with Crippen LogP contribution in [0.2, 0.25) is 0 Å². The highest BCUT2D eigenvalue weighted by molar-refractivity contribution is 6.02. The normalized spacial score (nSPS) is 14.6. The third-order valence-electron chi connectivity index (χ3n) is 23.5. The van der Waals surface area contributed by atoms with E-state index in [1.165, 1.54) is 171 Å². The summed E-state index contributed by atoms with van der Waals surface area (Å²) in [4.78, 5) is 5.03. The third kappa shape index (κ3) is 12.2. The van der Waals surface area contributed by atoms with Crippen LogP contribution in [0.15, 0.2) is 341 Å². The Hall–Kier alpha value is -12.1. The lowest BCUT2D eigenvalue weighted by Crippen LogP contribution is -2.29. The van der Waals surface area contributed by atoms with Crippen molar-refractivity contribution in [1.82, 2.24) is 0 Å². The van der Waals surface area contributed by atoms with Crippen LogP contribution in [-0.2, 0) is 23.7 Å². The van der Waals surface area contributed by atoms with Gasteiger partial charge in [-0.1, -0.05) is 356 Å². The largest absolute Gasteiger partial charge is 0.310 e. The summed E-state index contributed by atoms with van der Waals surface area (Å²) in [6, 6.07) is 125. The van der Waals surface area contributed by atoms with Crippen molar-refractivity contribution >= 4 is 67.8 Å². The summed E-state index contributed by atoms with van der Waals surface area (Å²) in [5.41, 5.74) is 33.3. The first-order chi connectivity index (χ1) is 53.2. The van der Waals surface area contributed by atoms with E-state index in [2.05, 4.69) is 378 Å². The lowest BCUT2D eigenvalue weighted by Gasteiger charge is -2.35. The molecule has 2 unspecified atom stereocenters. The Morgan fingerprint density at radius 1 is 0.287 bits per heavy atom. The average molecular weight is 1390 g/mol. The van der Waals surface area contributed by atoms with Crippen LogP contribution in [-0.4, -0.2) is 0 Å². The number of nitrogens with zero attached hydrogens (tertiary/aromatic N) is 2. The molecule has 0 radical (unpaired) electrons. The third-order valence-corrected chi connectivity index (χ3v) is 23.5. The molecule has 15 aromatic carbocycles. The van der Waals surface area contributed by atoms with Crippen molar-refractivity contribution in [3.63, 3.8) is 0 Å². The molecule has 2 heteroatoms. The van der Waals surface area contributed by atoms with Crippen molar-refractivity contribution in [3.05, 3.63) is 419 Å². The fourth-order valence-electron chi connectivity index (χ4n) is 18.1. The van der Waals surface area contributed by atoms with Crippen molar-refractivity contribution < 1.29 is 0 Å². The van der Waals surface area contributed by atoms with Crippen LogP contribution in [0.1, 0.15) is 143 Å². The van der Waals surface area contributed by atoms with Gasteiger partial charge in [0.05, 0.1) is 22.2 Å². The summed E-state index contributed by atoms with van der Waals surface area (Å²) in [5, 5.41) is 4.81. The molecule has 0 spiro atoms. The quantitative estimate of drug-likeness (QED) is 0.0557. The van der Waals surface area contributed by atoms with Gasteiger partial charge in [-0.2, -0.15) is 0 Å². The molecule has 0 heterocycles. The average Bonchev–Trinajstić information content (AvgIpc) is 1.54. The molecule has 0 bridgehead atoms. The number of unbranched alkanes of at least 4 members (excludes halogenated alkanes) is 6. The second-order valence-electron chi connectivity index (χ2n) is 30.0.